The molecule has 0 unspecified atom stereocenters. The van der Waals surface area contributed by atoms with Gasteiger partial charge in [0.1, 0.15) is 11.5 Å². The first-order valence-electron chi connectivity index (χ1n) is 8.87. The highest BCUT2D eigenvalue weighted by atomic mass is 16.6. The van der Waals surface area contributed by atoms with Crippen molar-refractivity contribution in [2.45, 2.75) is 13.8 Å². The van der Waals surface area contributed by atoms with Gasteiger partial charge in [0, 0.05) is 12.1 Å². The lowest BCUT2D eigenvalue weighted by Crippen LogP contribution is -2.29. The van der Waals surface area contributed by atoms with E-state index in [0.29, 0.717) is 22.7 Å². The molecule has 144 valence electrons. The molecule has 0 fully saturated rings. The highest BCUT2D eigenvalue weighted by molar-refractivity contribution is 6.34. The number of benzene rings is 3. The van der Waals surface area contributed by atoms with Gasteiger partial charge in [0.25, 0.3) is 17.5 Å². The van der Waals surface area contributed by atoms with Gasteiger partial charge >= 0.3 is 0 Å². The minimum atomic E-state index is -0.495. The molecule has 0 saturated carbocycles. The molecule has 0 spiro atoms. The van der Waals surface area contributed by atoms with E-state index in [2.05, 4.69) is 0 Å². The molecule has 1 aliphatic heterocycles. The first-order chi connectivity index (χ1) is 13.8. The number of aryl methyl sites for hydroxylation is 2. The maximum atomic E-state index is 12.9. The summed E-state index contributed by atoms with van der Waals surface area (Å²) < 4.78 is 5.69. The number of nitro groups is 1. The molecule has 0 atom stereocenters. The molecule has 29 heavy (non-hydrogen) atoms. The van der Waals surface area contributed by atoms with Gasteiger partial charge in [-0.1, -0.05) is 6.07 Å². The van der Waals surface area contributed by atoms with Crippen LogP contribution >= 0.6 is 0 Å². The number of hydrogen-bond acceptors (Lipinski definition) is 5. The molecule has 7 nitrogen and oxygen atoms in total. The molecule has 1 heterocycles. The smallest absolute Gasteiger partial charge is 0.269 e. The van der Waals surface area contributed by atoms with Crippen molar-refractivity contribution in [2.24, 2.45) is 0 Å². The molecule has 2 amide bonds. The van der Waals surface area contributed by atoms with Gasteiger partial charge in [0.05, 0.1) is 21.7 Å². The Balaban J connectivity index is 1.62. The van der Waals surface area contributed by atoms with Crippen LogP contribution in [-0.4, -0.2) is 16.7 Å². The van der Waals surface area contributed by atoms with Gasteiger partial charge in [-0.3, -0.25) is 19.7 Å². The summed E-state index contributed by atoms with van der Waals surface area (Å²) in [5.41, 5.74) is 3.11. The van der Waals surface area contributed by atoms with Gasteiger partial charge < -0.3 is 4.74 Å². The number of non-ortho nitro benzene ring substituents is 1. The third kappa shape index (κ3) is 3.23. The lowest BCUT2D eigenvalue weighted by Gasteiger charge is -2.15. The number of hydrogen-bond donors (Lipinski definition) is 0. The maximum absolute atomic E-state index is 12.9. The fraction of sp³-hybridized carbons (Fsp3) is 0.0909. The van der Waals surface area contributed by atoms with Gasteiger partial charge in [-0.05, 0) is 67.4 Å². The van der Waals surface area contributed by atoms with Crippen molar-refractivity contribution in [2.75, 3.05) is 4.90 Å². The molecule has 3 aromatic carbocycles. The van der Waals surface area contributed by atoms with Crippen molar-refractivity contribution < 1.29 is 19.2 Å². The summed E-state index contributed by atoms with van der Waals surface area (Å²) in [6, 6.07) is 15.7. The number of nitrogens with zero attached hydrogens (tertiary/aromatic N) is 2. The summed E-state index contributed by atoms with van der Waals surface area (Å²) in [5, 5.41) is 10.7. The summed E-state index contributed by atoms with van der Waals surface area (Å²) in [6.45, 7) is 3.89. The largest absolute Gasteiger partial charge is 0.457 e. The van der Waals surface area contributed by atoms with Crippen molar-refractivity contribution in [3.8, 4) is 11.5 Å². The van der Waals surface area contributed by atoms with Crippen molar-refractivity contribution in [3.63, 3.8) is 0 Å². The van der Waals surface area contributed by atoms with Crippen LogP contribution in [0.2, 0.25) is 0 Å². The Morgan fingerprint density at radius 1 is 0.793 bits per heavy atom. The lowest BCUT2D eigenvalue weighted by atomic mass is 10.1. The van der Waals surface area contributed by atoms with Gasteiger partial charge in [-0.25, -0.2) is 4.90 Å². The fourth-order valence-electron chi connectivity index (χ4n) is 3.15. The van der Waals surface area contributed by atoms with Crippen LogP contribution in [0.5, 0.6) is 11.5 Å². The van der Waals surface area contributed by atoms with Crippen LogP contribution in [0.3, 0.4) is 0 Å². The van der Waals surface area contributed by atoms with Crippen molar-refractivity contribution in [3.05, 3.63) is 93.0 Å². The molecule has 1 aliphatic rings. The van der Waals surface area contributed by atoms with E-state index in [1.54, 1.807) is 18.2 Å². The lowest BCUT2D eigenvalue weighted by molar-refractivity contribution is -0.384. The molecule has 4 rings (SSSR count). The van der Waals surface area contributed by atoms with Gasteiger partial charge in [-0.15, -0.1) is 0 Å². The van der Waals surface area contributed by atoms with E-state index in [1.165, 1.54) is 30.3 Å². The zero-order valence-corrected chi connectivity index (χ0v) is 15.7. The van der Waals surface area contributed by atoms with Crippen LogP contribution in [0.15, 0.2) is 60.7 Å². The van der Waals surface area contributed by atoms with Crippen LogP contribution in [0.4, 0.5) is 11.4 Å². The summed E-state index contributed by atoms with van der Waals surface area (Å²) in [7, 11) is 0. The monoisotopic (exact) mass is 388 g/mol. The highest BCUT2D eigenvalue weighted by Gasteiger charge is 2.37. The minimum Gasteiger partial charge on any atom is -0.457 e. The molecule has 0 N–H and O–H groups in total. The van der Waals surface area contributed by atoms with E-state index in [0.717, 1.165) is 16.0 Å². The Kier molecular flexibility index (Phi) is 4.35. The standard InChI is InChI=1S/C22H16N2O5/c1-13-3-4-16(11-14(13)2)23-21(25)19-10-9-18(12-20(19)22(23)26)29-17-7-5-15(6-8-17)24(27)28/h3-12H,1-2H3. The Labute approximate surface area is 166 Å². The minimum absolute atomic E-state index is 0.0453. The molecule has 7 heteroatoms. The maximum Gasteiger partial charge on any atom is 0.269 e. The number of anilines is 1. The predicted octanol–water partition coefficient (Wildman–Crippen LogP) is 4.80. The average Bonchev–Trinajstić information content (AvgIpc) is 2.95. The third-order valence-corrected chi connectivity index (χ3v) is 4.89. The Bertz CT molecular complexity index is 1170. The molecule has 0 aromatic heterocycles. The summed E-state index contributed by atoms with van der Waals surface area (Å²) >= 11 is 0. The van der Waals surface area contributed by atoms with E-state index >= 15 is 0 Å². The third-order valence-electron chi connectivity index (χ3n) is 4.89. The Morgan fingerprint density at radius 3 is 2.10 bits per heavy atom. The van der Waals surface area contributed by atoms with Gasteiger partial charge in [0.2, 0.25) is 0 Å². The number of carbonyl (C=O) groups excluding carboxylic acids is 2. The topological polar surface area (TPSA) is 89.8 Å². The normalized spacial score (nSPS) is 12.8. The van der Waals surface area contributed by atoms with Crippen molar-refractivity contribution in [1.82, 2.24) is 0 Å². The molecular weight excluding hydrogens is 372 g/mol. The van der Waals surface area contributed by atoms with E-state index < -0.39 is 10.8 Å². The summed E-state index contributed by atoms with van der Waals surface area (Å²) in [6.07, 6.45) is 0. The van der Waals surface area contributed by atoms with Crippen molar-refractivity contribution in [1.29, 1.82) is 0 Å². The second-order valence-corrected chi connectivity index (χ2v) is 6.77. The second kappa shape index (κ2) is 6.87. The van der Waals surface area contributed by atoms with E-state index in [-0.39, 0.29) is 17.2 Å². The highest BCUT2D eigenvalue weighted by Crippen LogP contribution is 2.33. The Hall–Kier alpha value is -4.00. The zero-order chi connectivity index (χ0) is 20.7. The van der Waals surface area contributed by atoms with Crippen LogP contribution in [0, 0.1) is 24.0 Å². The molecule has 3 aromatic rings. The second-order valence-electron chi connectivity index (χ2n) is 6.77. The molecule has 0 bridgehead atoms. The molecule has 0 aliphatic carbocycles. The molecular formula is C22H16N2O5. The van der Waals surface area contributed by atoms with Gasteiger partial charge in [0.15, 0.2) is 0 Å². The number of ether oxygens (including phenoxy) is 1. The fourth-order valence-corrected chi connectivity index (χ4v) is 3.15. The van der Waals surface area contributed by atoms with Crippen LogP contribution in [0.1, 0.15) is 31.8 Å². The van der Waals surface area contributed by atoms with Crippen molar-refractivity contribution >= 4 is 23.2 Å². The molecule has 0 saturated heterocycles. The number of nitro benzene ring substituents is 1. The predicted molar refractivity (Wildman–Crippen MR) is 107 cm³/mol. The van der Waals surface area contributed by atoms with Crippen LogP contribution in [-0.2, 0) is 0 Å². The quantitative estimate of drug-likeness (QED) is 0.364. The average molecular weight is 388 g/mol. The van der Waals surface area contributed by atoms with Crippen LogP contribution in [0.25, 0.3) is 0 Å². The number of carbonyl (C=O) groups is 2. The SMILES string of the molecule is Cc1ccc(N2C(=O)c3ccc(Oc4ccc([N+](=O)[O-])cc4)cc3C2=O)cc1C. The van der Waals surface area contributed by atoms with E-state index in [1.807, 2.05) is 26.0 Å². The number of fused-ring (bicyclic) bond motifs is 1. The number of rotatable bonds is 4. The van der Waals surface area contributed by atoms with Crippen LogP contribution < -0.4 is 9.64 Å². The van der Waals surface area contributed by atoms with E-state index in [4.69, 9.17) is 4.74 Å². The Morgan fingerprint density at radius 2 is 1.45 bits per heavy atom. The first-order valence-corrected chi connectivity index (χ1v) is 8.87. The number of imide groups is 1. The first kappa shape index (κ1) is 18.4. The molecule has 0 radical (unpaired) electrons. The summed E-state index contributed by atoms with van der Waals surface area (Å²) in [5.74, 6) is -0.0448. The van der Waals surface area contributed by atoms with Gasteiger partial charge in [-0.2, -0.15) is 0 Å². The summed E-state index contributed by atoms with van der Waals surface area (Å²) in [4.78, 5) is 37.1. The number of amides is 2. The zero-order valence-electron chi connectivity index (χ0n) is 15.7. The van der Waals surface area contributed by atoms with E-state index in [9.17, 15) is 19.7 Å².